The SMILES string of the molecule is CCOC(=O)/C=C/C=C(\C)c1cccc(OCc2nc(-c3ccccc3)oc2C)c1. The largest absolute Gasteiger partial charge is 0.487 e. The maximum absolute atomic E-state index is 11.4. The van der Waals surface area contributed by atoms with E-state index in [4.69, 9.17) is 13.9 Å². The van der Waals surface area contributed by atoms with E-state index in [0.29, 0.717) is 19.1 Å². The van der Waals surface area contributed by atoms with Gasteiger partial charge in [-0.3, -0.25) is 0 Å². The van der Waals surface area contributed by atoms with Gasteiger partial charge in [-0.25, -0.2) is 9.78 Å². The van der Waals surface area contributed by atoms with Crippen LogP contribution in [0.4, 0.5) is 0 Å². The normalized spacial score (nSPS) is 11.6. The van der Waals surface area contributed by atoms with Gasteiger partial charge >= 0.3 is 5.97 Å². The summed E-state index contributed by atoms with van der Waals surface area (Å²) in [5.74, 6) is 1.72. The van der Waals surface area contributed by atoms with Crippen molar-refractivity contribution >= 4 is 11.5 Å². The number of oxazole rings is 1. The third-order valence-electron chi connectivity index (χ3n) is 4.44. The van der Waals surface area contributed by atoms with Gasteiger partial charge in [-0.1, -0.05) is 42.5 Å². The molecule has 1 aromatic heterocycles. The molecule has 0 aliphatic carbocycles. The van der Waals surface area contributed by atoms with Crippen molar-refractivity contribution in [3.8, 4) is 17.2 Å². The van der Waals surface area contributed by atoms with Crippen LogP contribution in [0.3, 0.4) is 0 Å². The Morgan fingerprint density at radius 1 is 1.13 bits per heavy atom. The molecule has 0 atom stereocenters. The molecule has 5 nitrogen and oxygen atoms in total. The van der Waals surface area contributed by atoms with Crippen LogP contribution in [0.2, 0.25) is 0 Å². The van der Waals surface area contributed by atoms with E-state index in [1.165, 1.54) is 6.08 Å². The zero-order valence-corrected chi connectivity index (χ0v) is 17.4. The third kappa shape index (κ3) is 5.70. The fourth-order valence-electron chi connectivity index (χ4n) is 2.81. The second kappa shape index (κ2) is 10.3. The first-order valence-electron chi connectivity index (χ1n) is 9.83. The Morgan fingerprint density at radius 2 is 1.93 bits per heavy atom. The number of benzene rings is 2. The standard InChI is InChI=1S/C25H25NO4/c1-4-28-24(27)15-8-10-18(2)21-13-9-14-22(16-21)29-17-23-19(3)30-25(26-23)20-11-6-5-7-12-20/h5-16H,4,17H2,1-3H3/b15-8+,18-10+. The number of carbonyl (C=O) groups excluding carboxylic acids is 1. The fraction of sp³-hybridized carbons (Fsp3) is 0.200. The molecule has 154 valence electrons. The van der Waals surface area contributed by atoms with Gasteiger partial charge in [0.05, 0.1) is 6.61 Å². The van der Waals surface area contributed by atoms with Gasteiger partial charge < -0.3 is 13.9 Å². The van der Waals surface area contributed by atoms with E-state index in [1.54, 1.807) is 13.0 Å². The first-order chi connectivity index (χ1) is 14.6. The van der Waals surface area contributed by atoms with Crippen LogP contribution in [0.15, 0.2) is 77.2 Å². The molecule has 0 amide bonds. The topological polar surface area (TPSA) is 61.6 Å². The lowest BCUT2D eigenvalue weighted by molar-refractivity contribution is -0.137. The summed E-state index contributed by atoms with van der Waals surface area (Å²) in [5.41, 5.74) is 3.71. The highest BCUT2D eigenvalue weighted by Crippen LogP contribution is 2.24. The minimum absolute atomic E-state index is 0.317. The highest BCUT2D eigenvalue weighted by molar-refractivity contribution is 5.82. The van der Waals surface area contributed by atoms with E-state index >= 15 is 0 Å². The van der Waals surface area contributed by atoms with Crippen molar-refractivity contribution in [3.63, 3.8) is 0 Å². The van der Waals surface area contributed by atoms with Crippen LogP contribution in [0.1, 0.15) is 30.9 Å². The average molecular weight is 403 g/mol. The minimum atomic E-state index is -0.350. The van der Waals surface area contributed by atoms with Crippen molar-refractivity contribution in [3.05, 3.63) is 89.8 Å². The van der Waals surface area contributed by atoms with Crippen molar-refractivity contribution < 1.29 is 18.7 Å². The van der Waals surface area contributed by atoms with Crippen molar-refractivity contribution in [2.24, 2.45) is 0 Å². The molecule has 3 aromatic rings. The molecule has 0 unspecified atom stereocenters. The maximum Gasteiger partial charge on any atom is 0.330 e. The van der Waals surface area contributed by atoms with Gasteiger partial charge in [-0.05, 0) is 56.2 Å². The van der Waals surface area contributed by atoms with Crippen molar-refractivity contribution in [1.82, 2.24) is 4.98 Å². The zero-order valence-electron chi connectivity index (χ0n) is 17.4. The van der Waals surface area contributed by atoms with Crippen LogP contribution in [-0.2, 0) is 16.1 Å². The highest BCUT2D eigenvalue weighted by atomic mass is 16.5. The molecule has 0 radical (unpaired) electrons. The molecule has 0 aliphatic heterocycles. The number of aryl methyl sites for hydroxylation is 1. The van der Waals surface area contributed by atoms with E-state index in [-0.39, 0.29) is 5.97 Å². The van der Waals surface area contributed by atoms with Gasteiger partial charge in [-0.15, -0.1) is 0 Å². The number of hydrogen-bond acceptors (Lipinski definition) is 5. The van der Waals surface area contributed by atoms with E-state index in [1.807, 2.05) is 74.5 Å². The summed E-state index contributed by atoms with van der Waals surface area (Å²) in [4.78, 5) is 16.0. The zero-order chi connectivity index (χ0) is 21.3. The van der Waals surface area contributed by atoms with Crippen LogP contribution in [-0.4, -0.2) is 17.6 Å². The maximum atomic E-state index is 11.4. The van der Waals surface area contributed by atoms with Gasteiger partial charge in [0.15, 0.2) is 0 Å². The number of rotatable bonds is 8. The quantitative estimate of drug-likeness (QED) is 0.272. The third-order valence-corrected chi connectivity index (χ3v) is 4.44. The second-order valence-corrected chi connectivity index (χ2v) is 6.67. The number of ether oxygens (including phenoxy) is 2. The Balaban J connectivity index is 1.66. The molecule has 1 heterocycles. The predicted molar refractivity (Wildman–Crippen MR) is 117 cm³/mol. The number of allylic oxidation sites excluding steroid dienone is 3. The first-order valence-corrected chi connectivity index (χ1v) is 9.83. The van der Waals surface area contributed by atoms with Gasteiger partial charge in [-0.2, -0.15) is 0 Å². The lowest BCUT2D eigenvalue weighted by Crippen LogP contribution is -1.98. The van der Waals surface area contributed by atoms with Crippen LogP contribution in [0.5, 0.6) is 5.75 Å². The molecular formula is C25H25NO4. The molecule has 0 bridgehead atoms. The second-order valence-electron chi connectivity index (χ2n) is 6.67. The molecule has 0 saturated carbocycles. The first kappa shape index (κ1) is 21.1. The summed E-state index contributed by atoms with van der Waals surface area (Å²) in [6, 6.07) is 17.6. The molecule has 0 saturated heterocycles. The summed E-state index contributed by atoms with van der Waals surface area (Å²) < 4.78 is 16.6. The van der Waals surface area contributed by atoms with Crippen molar-refractivity contribution in [1.29, 1.82) is 0 Å². The summed E-state index contributed by atoms with van der Waals surface area (Å²) in [5, 5.41) is 0. The summed E-state index contributed by atoms with van der Waals surface area (Å²) in [6.07, 6.45) is 4.96. The van der Waals surface area contributed by atoms with Gasteiger partial charge in [0.1, 0.15) is 23.8 Å². The molecule has 0 spiro atoms. The van der Waals surface area contributed by atoms with Crippen LogP contribution >= 0.6 is 0 Å². The van der Waals surface area contributed by atoms with Crippen LogP contribution < -0.4 is 4.74 Å². The Morgan fingerprint density at radius 3 is 2.70 bits per heavy atom. The highest BCUT2D eigenvalue weighted by Gasteiger charge is 2.12. The van der Waals surface area contributed by atoms with Gasteiger partial charge in [0, 0.05) is 11.6 Å². The Hall–Kier alpha value is -3.60. The number of carbonyl (C=O) groups is 1. The van der Waals surface area contributed by atoms with Crippen molar-refractivity contribution in [2.75, 3.05) is 6.61 Å². The molecule has 0 N–H and O–H groups in total. The van der Waals surface area contributed by atoms with Crippen LogP contribution in [0, 0.1) is 6.92 Å². The van der Waals surface area contributed by atoms with E-state index < -0.39 is 0 Å². The predicted octanol–water partition coefficient (Wildman–Crippen LogP) is 5.75. The van der Waals surface area contributed by atoms with Gasteiger partial charge in [0.25, 0.3) is 0 Å². The fourth-order valence-corrected chi connectivity index (χ4v) is 2.81. The Bertz CT molecular complexity index is 1050. The number of nitrogens with zero attached hydrogens (tertiary/aromatic N) is 1. The van der Waals surface area contributed by atoms with E-state index in [0.717, 1.165) is 33.9 Å². The van der Waals surface area contributed by atoms with E-state index in [2.05, 4.69) is 4.98 Å². The average Bonchev–Trinajstić information content (AvgIpc) is 3.14. The number of hydrogen-bond donors (Lipinski definition) is 0. The molecule has 5 heteroatoms. The van der Waals surface area contributed by atoms with Gasteiger partial charge in [0.2, 0.25) is 5.89 Å². The lowest BCUT2D eigenvalue weighted by Gasteiger charge is -2.07. The minimum Gasteiger partial charge on any atom is -0.487 e. The summed E-state index contributed by atoms with van der Waals surface area (Å²) in [6.45, 7) is 6.32. The lowest BCUT2D eigenvalue weighted by atomic mass is 10.1. The molecule has 0 aliphatic rings. The molecule has 0 fully saturated rings. The molecular weight excluding hydrogens is 378 g/mol. The monoisotopic (exact) mass is 403 g/mol. The molecule has 30 heavy (non-hydrogen) atoms. The van der Waals surface area contributed by atoms with Crippen molar-refractivity contribution in [2.45, 2.75) is 27.4 Å². The number of aromatic nitrogens is 1. The Labute approximate surface area is 176 Å². The molecule has 2 aromatic carbocycles. The Kier molecular flexibility index (Phi) is 7.22. The summed E-state index contributed by atoms with van der Waals surface area (Å²) >= 11 is 0. The van der Waals surface area contributed by atoms with E-state index in [9.17, 15) is 4.79 Å². The summed E-state index contributed by atoms with van der Waals surface area (Å²) in [7, 11) is 0. The number of esters is 1. The molecule has 3 rings (SSSR count). The smallest absolute Gasteiger partial charge is 0.330 e. The van der Waals surface area contributed by atoms with Crippen LogP contribution in [0.25, 0.3) is 17.0 Å².